The van der Waals surface area contributed by atoms with Crippen LogP contribution in [0, 0.1) is 0 Å². The van der Waals surface area contributed by atoms with E-state index >= 15 is 0 Å². The van der Waals surface area contributed by atoms with E-state index in [0.29, 0.717) is 23.3 Å². The monoisotopic (exact) mass is 526 g/mol. The van der Waals surface area contributed by atoms with Crippen molar-refractivity contribution in [3.05, 3.63) is 133 Å². The molecule has 4 aromatic carbocycles. The van der Waals surface area contributed by atoms with Crippen LogP contribution in [0.1, 0.15) is 11.1 Å². The molecule has 0 aliphatic heterocycles. The zero-order valence-electron chi connectivity index (χ0n) is 21.9. The molecule has 3 aromatic heterocycles. The van der Waals surface area contributed by atoms with Gasteiger partial charge in [-0.1, -0.05) is 103 Å². The van der Waals surface area contributed by atoms with Crippen molar-refractivity contribution in [3.8, 4) is 56.9 Å². The van der Waals surface area contributed by atoms with Crippen LogP contribution in [0.15, 0.2) is 121 Å². The third kappa shape index (κ3) is 4.05. The molecule has 41 heavy (non-hydrogen) atoms. The summed E-state index contributed by atoms with van der Waals surface area (Å²) in [5.74, 6) is 1.92. The summed E-state index contributed by atoms with van der Waals surface area (Å²) >= 11 is 0. The second-order valence-corrected chi connectivity index (χ2v) is 9.97. The minimum absolute atomic E-state index is 0.409. The molecule has 0 bridgehead atoms. The third-order valence-corrected chi connectivity index (χ3v) is 7.46. The molecule has 0 fully saturated rings. The molecule has 6 nitrogen and oxygen atoms in total. The van der Waals surface area contributed by atoms with Crippen LogP contribution in [0.4, 0.5) is 0 Å². The Kier molecular flexibility index (Phi) is 5.42. The summed E-state index contributed by atoms with van der Waals surface area (Å²) < 4.78 is 0. The zero-order valence-corrected chi connectivity index (χ0v) is 21.9. The molecular weight excluding hydrogens is 504 g/mol. The van der Waals surface area contributed by atoms with Crippen molar-refractivity contribution in [1.82, 2.24) is 29.9 Å². The van der Waals surface area contributed by atoms with Crippen LogP contribution in [0.25, 0.3) is 67.8 Å². The Morgan fingerprint density at radius 1 is 0.439 bits per heavy atom. The number of pyridine rings is 1. The lowest BCUT2D eigenvalue weighted by atomic mass is 10.1. The number of hydrogen-bond donors (Lipinski definition) is 0. The summed E-state index contributed by atoms with van der Waals surface area (Å²) in [5, 5.41) is 0.973. The van der Waals surface area contributed by atoms with E-state index in [1.807, 2.05) is 79.0 Å². The first kappa shape index (κ1) is 23.3. The van der Waals surface area contributed by atoms with Gasteiger partial charge >= 0.3 is 0 Å². The lowest BCUT2D eigenvalue weighted by Crippen LogP contribution is -2.05. The highest BCUT2D eigenvalue weighted by atomic mass is 15.1. The summed E-state index contributed by atoms with van der Waals surface area (Å²) in [4.78, 5) is 29.6. The van der Waals surface area contributed by atoms with Gasteiger partial charge in [-0.05, 0) is 34.4 Å². The van der Waals surface area contributed by atoms with Crippen molar-refractivity contribution in [2.24, 2.45) is 0 Å². The average Bonchev–Trinajstić information content (AvgIpc) is 3.44. The molecule has 0 saturated heterocycles. The van der Waals surface area contributed by atoms with E-state index in [0.717, 1.165) is 45.4 Å². The molecule has 1 aliphatic rings. The number of benzene rings is 4. The Hall–Kier alpha value is -5.62. The molecule has 8 rings (SSSR count). The van der Waals surface area contributed by atoms with Gasteiger partial charge in [0.1, 0.15) is 5.69 Å². The normalized spacial score (nSPS) is 11.8. The van der Waals surface area contributed by atoms with Crippen LogP contribution in [0.2, 0.25) is 0 Å². The fourth-order valence-corrected chi connectivity index (χ4v) is 5.53. The maximum Gasteiger partial charge on any atom is 0.201 e. The number of para-hydroxylation sites is 1. The van der Waals surface area contributed by atoms with Crippen LogP contribution in [0.3, 0.4) is 0 Å². The summed E-state index contributed by atoms with van der Waals surface area (Å²) in [5.41, 5.74) is 9.11. The van der Waals surface area contributed by atoms with E-state index < -0.39 is 0 Å². The highest BCUT2D eigenvalue weighted by Gasteiger charge is 2.25. The highest BCUT2D eigenvalue weighted by Crippen LogP contribution is 2.40. The molecule has 0 amide bonds. The molecule has 0 saturated carbocycles. The van der Waals surface area contributed by atoms with E-state index in [-0.39, 0.29) is 0 Å². The number of fused-ring (bicyclic) bond motifs is 4. The average molecular weight is 527 g/mol. The van der Waals surface area contributed by atoms with Gasteiger partial charge in [-0.25, -0.2) is 24.9 Å². The lowest BCUT2D eigenvalue weighted by molar-refractivity contribution is 1.02. The summed E-state index contributed by atoms with van der Waals surface area (Å²) in [6, 6.07) is 38.7. The Morgan fingerprint density at radius 3 is 1.95 bits per heavy atom. The van der Waals surface area contributed by atoms with Crippen LogP contribution in [-0.2, 0) is 6.42 Å². The van der Waals surface area contributed by atoms with E-state index in [1.54, 1.807) is 0 Å². The summed E-state index contributed by atoms with van der Waals surface area (Å²) in [7, 11) is 0. The van der Waals surface area contributed by atoms with Gasteiger partial charge in [0, 0.05) is 29.1 Å². The molecule has 7 aromatic rings. The molecular formula is C35H22N6. The first-order valence-corrected chi connectivity index (χ1v) is 13.5. The minimum Gasteiger partial charge on any atom is -0.253 e. The van der Waals surface area contributed by atoms with Crippen LogP contribution < -0.4 is 0 Å². The molecule has 0 spiro atoms. The summed E-state index contributed by atoms with van der Waals surface area (Å²) in [6.07, 6.45) is 2.61. The van der Waals surface area contributed by atoms with E-state index in [9.17, 15) is 0 Å². The van der Waals surface area contributed by atoms with Gasteiger partial charge in [0.05, 0.1) is 11.2 Å². The fourth-order valence-electron chi connectivity index (χ4n) is 5.53. The van der Waals surface area contributed by atoms with Gasteiger partial charge in [0.15, 0.2) is 17.5 Å². The number of nitrogens with zero attached hydrogens (tertiary/aromatic N) is 6. The molecule has 0 radical (unpaired) electrons. The Bertz CT molecular complexity index is 2070. The van der Waals surface area contributed by atoms with Crippen molar-refractivity contribution in [1.29, 1.82) is 0 Å². The zero-order chi connectivity index (χ0) is 27.2. The Labute approximate surface area is 236 Å². The smallest absolute Gasteiger partial charge is 0.201 e. The second kappa shape index (κ2) is 9.54. The molecule has 6 heteroatoms. The first-order valence-electron chi connectivity index (χ1n) is 13.5. The quantitative estimate of drug-likeness (QED) is 0.237. The second-order valence-electron chi connectivity index (χ2n) is 9.97. The predicted octanol–water partition coefficient (Wildman–Crippen LogP) is 7.45. The predicted molar refractivity (Wildman–Crippen MR) is 161 cm³/mol. The molecule has 192 valence electrons. The molecule has 0 unspecified atom stereocenters. The molecule has 3 heterocycles. The van der Waals surface area contributed by atoms with Gasteiger partial charge in [-0.2, -0.15) is 0 Å². The van der Waals surface area contributed by atoms with Gasteiger partial charge in [0.2, 0.25) is 5.82 Å². The molecule has 0 N–H and O–H groups in total. The number of rotatable bonds is 4. The van der Waals surface area contributed by atoms with E-state index in [2.05, 4.69) is 42.5 Å². The lowest BCUT2D eigenvalue weighted by Gasteiger charge is -2.11. The third-order valence-electron chi connectivity index (χ3n) is 7.46. The van der Waals surface area contributed by atoms with Crippen LogP contribution >= 0.6 is 0 Å². The van der Waals surface area contributed by atoms with Crippen molar-refractivity contribution >= 4 is 10.9 Å². The van der Waals surface area contributed by atoms with Crippen LogP contribution in [-0.4, -0.2) is 29.9 Å². The topological polar surface area (TPSA) is 77.3 Å². The largest absolute Gasteiger partial charge is 0.253 e. The Balaban J connectivity index is 1.36. The van der Waals surface area contributed by atoms with Crippen molar-refractivity contribution < 1.29 is 0 Å². The SMILES string of the molecule is c1ccc(-c2nc(-c3nc(-c4ccccc4)c4ccccc4n3)nc(-c3nccc4c3Cc3ccccc3-4)n2)cc1. The standard InChI is InChI=1S/C35H22N6/c1-3-11-22(12-4-1)30-27-17-9-10-18-29(27)37-34(38-30)35-40-32(23-13-5-2-6-14-23)39-33(41-35)31-28-21-24-15-7-8-16-25(24)26(28)19-20-36-31/h1-20H,21H2. The van der Waals surface area contributed by atoms with Crippen molar-refractivity contribution in [2.45, 2.75) is 6.42 Å². The minimum atomic E-state index is 0.409. The first-order chi connectivity index (χ1) is 20.3. The highest BCUT2D eigenvalue weighted by molar-refractivity contribution is 5.93. The maximum atomic E-state index is 5.03. The van der Waals surface area contributed by atoms with Gasteiger partial charge in [-0.3, -0.25) is 4.98 Å². The molecule has 1 aliphatic carbocycles. The van der Waals surface area contributed by atoms with Gasteiger partial charge in [-0.15, -0.1) is 0 Å². The molecule has 0 atom stereocenters. The van der Waals surface area contributed by atoms with Gasteiger partial charge in [0.25, 0.3) is 0 Å². The fraction of sp³-hybridized carbons (Fsp3) is 0.0286. The van der Waals surface area contributed by atoms with Crippen molar-refractivity contribution in [2.75, 3.05) is 0 Å². The number of aromatic nitrogens is 6. The van der Waals surface area contributed by atoms with Crippen LogP contribution in [0.5, 0.6) is 0 Å². The van der Waals surface area contributed by atoms with Gasteiger partial charge < -0.3 is 0 Å². The van der Waals surface area contributed by atoms with Crippen molar-refractivity contribution in [3.63, 3.8) is 0 Å². The van der Waals surface area contributed by atoms with E-state index in [4.69, 9.17) is 29.9 Å². The maximum absolute atomic E-state index is 5.03. The Morgan fingerprint density at radius 2 is 1.10 bits per heavy atom. The number of hydrogen-bond acceptors (Lipinski definition) is 6. The van der Waals surface area contributed by atoms with E-state index in [1.165, 1.54) is 16.7 Å². The summed E-state index contributed by atoms with van der Waals surface area (Å²) in [6.45, 7) is 0.